The number of benzene rings is 1. The summed E-state index contributed by atoms with van der Waals surface area (Å²) in [6, 6.07) is 3.03. The van der Waals surface area contributed by atoms with Crippen molar-refractivity contribution in [2.24, 2.45) is 0 Å². The highest BCUT2D eigenvalue weighted by atomic mass is 32.2. The Morgan fingerprint density at radius 1 is 1.53 bits per heavy atom. The highest BCUT2D eigenvalue weighted by Gasteiger charge is 2.15. The van der Waals surface area contributed by atoms with Crippen LogP contribution in [0.2, 0.25) is 0 Å². The Labute approximate surface area is 93.0 Å². The molecule has 0 bridgehead atoms. The molecule has 0 spiro atoms. The molecular formula is C10H11O3SSi. The first-order chi connectivity index (χ1) is 6.88. The molecule has 3 radical (unpaired) electrons. The van der Waals surface area contributed by atoms with E-state index in [1.165, 1.54) is 6.07 Å². The molecule has 0 saturated heterocycles. The van der Waals surface area contributed by atoms with Gasteiger partial charge in [0.15, 0.2) is 0 Å². The van der Waals surface area contributed by atoms with Crippen molar-refractivity contribution in [3.05, 3.63) is 35.9 Å². The number of hydrogen-bond acceptors (Lipinski definition) is 2. The third kappa shape index (κ3) is 2.56. The van der Waals surface area contributed by atoms with Gasteiger partial charge >= 0.3 is 0 Å². The monoisotopic (exact) mass is 239 g/mol. The Balaban J connectivity index is 3.48. The second kappa shape index (κ2) is 4.30. The normalized spacial score (nSPS) is 11.4. The molecule has 79 valence electrons. The first-order valence-electron chi connectivity index (χ1n) is 4.30. The van der Waals surface area contributed by atoms with Crippen molar-refractivity contribution in [2.45, 2.75) is 18.2 Å². The van der Waals surface area contributed by atoms with Gasteiger partial charge in [-0.2, -0.15) is 8.42 Å². The molecule has 0 saturated carbocycles. The van der Waals surface area contributed by atoms with Gasteiger partial charge in [0.2, 0.25) is 0 Å². The molecule has 0 aliphatic rings. The van der Waals surface area contributed by atoms with Crippen LogP contribution in [0.4, 0.5) is 0 Å². The maximum atomic E-state index is 11.0. The van der Waals surface area contributed by atoms with Gasteiger partial charge in [-0.25, -0.2) is 0 Å². The molecule has 1 aromatic carbocycles. The van der Waals surface area contributed by atoms with Crippen LogP contribution >= 0.6 is 0 Å². The molecule has 0 aliphatic carbocycles. The average molecular weight is 239 g/mol. The van der Waals surface area contributed by atoms with Gasteiger partial charge in [0, 0.05) is 0 Å². The van der Waals surface area contributed by atoms with Gasteiger partial charge in [0.25, 0.3) is 10.1 Å². The quantitative estimate of drug-likeness (QED) is 0.481. The zero-order chi connectivity index (χ0) is 11.6. The predicted molar refractivity (Wildman–Crippen MR) is 60.3 cm³/mol. The van der Waals surface area contributed by atoms with Gasteiger partial charge in [-0.3, -0.25) is 4.55 Å². The number of allylic oxidation sites excluding steroid dienone is 1. The van der Waals surface area contributed by atoms with E-state index in [0.717, 1.165) is 11.1 Å². The Hall–Kier alpha value is -0.913. The zero-order valence-electron chi connectivity index (χ0n) is 8.32. The van der Waals surface area contributed by atoms with E-state index in [4.69, 9.17) is 4.55 Å². The zero-order valence-corrected chi connectivity index (χ0v) is 10.1. The molecular weight excluding hydrogens is 228 g/mol. The molecule has 0 aromatic heterocycles. The lowest BCUT2D eigenvalue weighted by Crippen LogP contribution is -2.20. The summed E-state index contributed by atoms with van der Waals surface area (Å²) in [7, 11) is -0.937. The van der Waals surface area contributed by atoms with Crippen molar-refractivity contribution < 1.29 is 13.0 Å². The number of aryl methyl sites for hydroxylation is 1. The van der Waals surface area contributed by atoms with Gasteiger partial charge in [-0.1, -0.05) is 12.1 Å². The van der Waals surface area contributed by atoms with Crippen LogP contribution in [0.1, 0.15) is 11.1 Å². The van der Waals surface area contributed by atoms with Crippen LogP contribution < -0.4 is 5.19 Å². The highest BCUT2D eigenvalue weighted by molar-refractivity contribution is 7.86. The second-order valence-electron chi connectivity index (χ2n) is 3.20. The van der Waals surface area contributed by atoms with Crippen molar-refractivity contribution in [2.75, 3.05) is 0 Å². The van der Waals surface area contributed by atoms with Crippen LogP contribution in [0.5, 0.6) is 0 Å². The summed E-state index contributed by atoms with van der Waals surface area (Å²) < 4.78 is 31.0. The van der Waals surface area contributed by atoms with E-state index in [-0.39, 0.29) is 4.90 Å². The Morgan fingerprint density at radius 2 is 2.13 bits per heavy atom. The molecule has 5 heteroatoms. The van der Waals surface area contributed by atoms with Gasteiger partial charge in [-0.05, 0) is 35.7 Å². The summed E-state index contributed by atoms with van der Waals surface area (Å²) in [5.41, 5.74) is 1.77. The predicted octanol–water partition coefficient (Wildman–Crippen LogP) is 0.764. The van der Waals surface area contributed by atoms with E-state index in [0.29, 0.717) is 11.6 Å². The standard InChI is InChI=1S/C10H11O3SSi/c1-3-4-8-7(2)5-6-9(10(8)15)14(11,12)13/h3,5-6H,1,4H2,2H3,(H,11,12,13). The van der Waals surface area contributed by atoms with Gasteiger partial charge in [0.05, 0.1) is 15.1 Å². The number of rotatable bonds is 3. The Bertz CT molecular complexity index is 492. The first-order valence-corrected chi connectivity index (χ1v) is 6.24. The third-order valence-corrected chi connectivity index (χ3v) is 3.78. The lowest BCUT2D eigenvalue weighted by atomic mass is 10.1. The summed E-state index contributed by atoms with van der Waals surface area (Å²) in [5, 5.41) is 0.400. The molecule has 0 heterocycles. The fraction of sp³-hybridized carbons (Fsp3) is 0.200. The first kappa shape index (κ1) is 12.2. The van der Waals surface area contributed by atoms with Crippen LogP contribution in [-0.4, -0.2) is 23.2 Å². The molecule has 0 atom stereocenters. The largest absolute Gasteiger partial charge is 0.294 e. The second-order valence-corrected chi connectivity index (χ2v) is 5.09. The van der Waals surface area contributed by atoms with E-state index in [2.05, 4.69) is 16.8 Å². The van der Waals surface area contributed by atoms with E-state index in [9.17, 15) is 8.42 Å². The summed E-state index contributed by atoms with van der Waals surface area (Å²) in [4.78, 5) is -0.110. The van der Waals surface area contributed by atoms with Crippen molar-refractivity contribution >= 4 is 25.5 Å². The smallest absolute Gasteiger partial charge is 0.282 e. The average Bonchev–Trinajstić information content (AvgIpc) is 2.09. The van der Waals surface area contributed by atoms with Crippen LogP contribution in [0.3, 0.4) is 0 Å². The minimum absolute atomic E-state index is 0.110. The van der Waals surface area contributed by atoms with Crippen molar-refractivity contribution in [1.82, 2.24) is 0 Å². The topological polar surface area (TPSA) is 54.4 Å². The molecule has 0 aliphatic heterocycles. The Morgan fingerprint density at radius 3 is 2.60 bits per heavy atom. The number of hydrogen-bond donors (Lipinski definition) is 1. The third-order valence-electron chi connectivity index (χ3n) is 2.14. The molecule has 1 rings (SSSR count). The molecule has 1 N–H and O–H groups in total. The van der Waals surface area contributed by atoms with E-state index in [1.807, 2.05) is 6.92 Å². The SMILES string of the molecule is C=CCc1c(C)ccc(S(=O)(=O)O)c1[Si]. The molecule has 3 nitrogen and oxygen atoms in total. The summed E-state index contributed by atoms with van der Waals surface area (Å²) in [6.45, 7) is 5.47. The lowest BCUT2D eigenvalue weighted by molar-refractivity contribution is 0.484. The summed E-state index contributed by atoms with van der Waals surface area (Å²) >= 11 is 0. The Kier molecular flexibility index (Phi) is 3.49. The van der Waals surface area contributed by atoms with Crippen LogP contribution in [0, 0.1) is 6.92 Å². The lowest BCUT2D eigenvalue weighted by Gasteiger charge is -2.10. The van der Waals surface area contributed by atoms with E-state index >= 15 is 0 Å². The maximum Gasteiger partial charge on any atom is 0.294 e. The molecule has 15 heavy (non-hydrogen) atoms. The fourth-order valence-electron chi connectivity index (χ4n) is 1.35. The van der Waals surface area contributed by atoms with Crippen LogP contribution in [0.25, 0.3) is 0 Å². The van der Waals surface area contributed by atoms with Crippen LogP contribution in [0.15, 0.2) is 29.7 Å². The fourth-order valence-corrected chi connectivity index (χ4v) is 2.74. The molecule has 0 unspecified atom stereocenters. The minimum atomic E-state index is -4.17. The van der Waals surface area contributed by atoms with Crippen molar-refractivity contribution in [3.63, 3.8) is 0 Å². The molecule has 0 fully saturated rings. The van der Waals surface area contributed by atoms with Gasteiger partial charge in [-0.15, -0.1) is 6.58 Å². The van der Waals surface area contributed by atoms with Crippen molar-refractivity contribution in [3.8, 4) is 0 Å². The van der Waals surface area contributed by atoms with E-state index < -0.39 is 10.1 Å². The van der Waals surface area contributed by atoms with Gasteiger partial charge in [0.1, 0.15) is 0 Å². The highest BCUT2D eigenvalue weighted by Crippen LogP contribution is 2.12. The minimum Gasteiger partial charge on any atom is -0.282 e. The van der Waals surface area contributed by atoms with E-state index in [1.54, 1.807) is 12.1 Å². The molecule has 0 amide bonds. The molecule has 1 aromatic rings. The summed E-state index contributed by atoms with van der Waals surface area (Å²) in [5.74, 6) is 0. The van der Waals surface area contributed by atoms with Crippen molar-refractivity contribution in [1.29, 1.82) is 0 Å². The van der Waals surface area contributed by atoms with Crippen LogP contribution in [-0.2, 0) is 16.5 Å². The summed E-state index contributed by atoms with van der Waals surface area (Å²) in [6.07, 6.45) is 2.23. The maximum absolute atomic E-state index is 11.0. The van der Waals surface area contributed by atoms with Gasteiger partial charge < -0.3 is 0 Å².